The quantitative estimate of drug-likeness (QED) is 0.307. The van der Waals surface area contributed by atoms with Crippen molar-refractivity contribution in [3.8, 4) is 5.75 Å². The Morgan fingerprint density at radius 2 is 1.53 bits per heavy atom. The highest BCUT2D eigenvalue weighted by atomic mass is 32.2. The Labute approximate surface area is 255 Å². The van der Waals surface area contributed by atoms with Gasteiger partial charge in [-0.15, -0.1) is 0 Å². The molecular formula is C34H43N3O5S. The second-order valence-corrected chi connectivity index (χ2v) is 13.7. The van der Waals surface area contributed by atoms with E-state index in [-0.39, 0.29) is 35.9 Å². The van der Waals surface area contributed by atoms with Crippen molar-refractivity contribution in [2.75, 3.05) is 33.3 Å². The van der Waals surface area contributed by atoms with E-state index in [1.165, 1.54) is 4.31 Å². The van der Waals surface area contributed by atoms with Crippen molar-refractivity contribution in [1.82, 2.24) is 14.5 Å². The summed E-state index contributed by atoms with van der Waals surface area (Å²) in [7, 11) is -2.33. The standard InChI is InChI=1S/C34H43N3O5S/c1-42-31-16-18-32(19-17-31)43(40,41)36(23-28-14-8-9-15-28)24-30(38)25-37-29(20-26-10-4-2-5-11-26)22-35-33(34(37)39)21-27-12-6-3-7-13-27/h2-7,10-13,16-19,28-30,33,35,38H,8-9,14-15,20-25H2,1H3/t29-,30?,33?/m0/s1. The van der Waals surface area contributed by atoms with Crippen LogP contribution in [0, 0.1) is 5.92 Å². The molecular weight excluding hydrogens is 562 g/mol. The van der Waals surface area contributed by atoms with Gasteiger partial charge in [-0.25, -0.2) is 8.42 Å². The number of nitrogens with one attached hydrogen (secondary N) is 1. The highest BCUT2D eigenvalue weighted by molar-refractivity contribution is 7.89. The summed E-state index contributed by atoms with van der Waals surface area (Å²) < 4.78 is 34.4. The third-order valence-electron chi connectivity index (χ3n) is 8.67. The molecule has 230 valence electrons. The van der Waals surface area contributed by atoms with Crippen LogP contribution in [0.4, 0.5) is 0 Å². The van der Waals surface area contributed by atoms with Crippen LogP contribution in [0.2, 0.25) is 0 Å². The summed E-state index contributed by atoms with van der Waals surface area (Å²) in [6.07, 6.45) is 4.26. The average Bonchev–Trinajstić information content (AvgIpc) is 3.54. The van der Waals surface area contributed by atoms with Crippen LogP contribution in [0.25, 0.3) is 0 Å². The van der Waals surface area contributed by atoms with Gasteiger partial charge in [-0.05, 0) is 67.0 Å². The number of ether oxygens (including phenoxy) is 1. The number of sulfonamides is 1. The maximum absolute atomic E-state index is 13.9. The number of benzene rings is 3. The summed E-state index contributed by atoms with van der Waals surface area (Å²) in [4.78, 5) is 15.9. The number of amides is 1. The molecule has 2 unspecified atom stereocenters. The molecule has 1 amide bonds. The van der Waals surface area contributed by atoms with Crippen molar-refractivity contribution in [2.45, 2.75) is 61.6 Å². The van der Waals surface area contributed by atoms with E-state index in [0.29, 0.717) is 31.7 Å². The van der Waals surface area contributed by atoms with Crippen LogP contribution in [0.1, 0.15) is 36.8 Å². The Kier molecular flexibility index (Phi) is 10.5. The molecule has 0 radical (unpaired) electrons. The minimum absolute atomic E-state index is 0.0581. The average molecular weight is 606 g/mol. The molecule has 3 atom stereocenters. The number of carbonyl (C=O) groups is 1. The molecule has 1 heterocycles. The molecule has 2 N–H and O–H groups in total. The molecule has 0 aromatic heterocycles. The first-order chi connectivity index (χ1) is 20.8. The number of β-amino-alcohol motifs (C(OH)–C–C–N with tert-alkyl or cyclic N) is 1. The molecule has 1 aliphatic carbocycles. The van der Waals surface area contributed by atoms with E-state index < -0.39 is 22.2 Å². The largest absolute Gasteiger partial charge is 0.497 e. The van der Waals surface area contributed by atoms with Crippen LogP contribution in [-0.2, 0) is 27.7 Å². The Morgan fingerprint density at radius 1 is 0.930 bits per heavy atom. The fourth-order valence-electron chi connectivity index (χ4n) is 6.34. The predicted octanol–water partition coefficient (Wildman–Crippen LogP) is 3.89. The Balaban J connectivity index is 1.35. The molecule has 0 bridgehead atoms. The molecule has 2 fully saturated rings. The Bertz CT molecular complexity index is 1410. The number of hydrogen-bond donors (Lipinski definition) is 2. The Hall–Kier alpha value is -3.24. The number of aliphatic hydroxyl groups is 1. The second kappa shape index (κ2) is 14.5. The number of aliphatic hydroxyl groups excluding tert-OH is 1. The first kappa shape index (κ1) is 31.2. The van der Waals surface area contributed by atoms with Crippen molar-refractivity contribution in [3.63, 3.8) is 0 Å². The SMILES string of the molecule is COc1ccc(S(=O)(=O)N(CC(O)CN2C(=O)C(Cc3ccccc3)NC[C@@H]2Cc2ccccc2)CC2CCCC2)cc1. The van der Waals surface area contributed by atoms with Crippen molar-refractivity contribution in [2.24, 2.45) is 5.92 Å². The van der Waals surface area contributed by atoms with Gasteiger partial charge in [0.2, 0.25) is 15.9 Å². The summed E-state index contributed by atoms with van der Waals surface area (Å²) in [5.41, 5.74) is 2.16. The summed E-state index contributed by atoms with van der Waals surface area (Å²) in [6.45, 7) is 0.915. The first-order valence-corrected chi connectivity index (χ1v) is 16.7. The van der Waals surface area contributed by atoms with Crippen LogP contribution < -0.4 is 10.1 Å². The lowest BCUT2D eigenvalue weighted by Gasteiger charge is -2.41. The van der Waals surface area contributed by atoms with Gasteiger partial charge in [0.1, 0.15) is 5.75 Å². The summed E-state index contributed by atoms with van der Waals surface area (Å²) in [5.74, 6) is 0.755. The van der Waals surface area contributed by atoms with Crippen LogP contribution in [-0.4, -0.2) is 80.1 Å². The number of rotatable bonds is 13. The molecule has 9 heteroatoms. The lowest BCUT2D eigenvalue weighted by Crippen LogP contribution is -2.63. The van der Waals surface area contributed by atoms with Crippen molar-refractivity contribution in [3.05, 3.63) is 96.1 Å². The molecule has 8 nitrogen and oxygen atoms in total. The van der Waals surface area contributed by atoms with Gasteiger partial charge in [0, 0.05) is 32.2 Å². The zero-order valence-corrected chi connectivity index (χ0v) is 25.7. The zero-order valence-electron chi connectivity index (χ0n) is 24.8. The molecule has 1 aliphatic heterocycles. The number of piperazine rings is 1. The molecule has 3 aromatic carbocycles. The third-order valence-corrected chi connectivity index (χ3v) is 10.5. The molecule has 2 aliphatic rings. The molecule has 1 saturated heterocycles. The van der Waals surface area contributed by atoms with Crippen LogP contribution in [0.5, 0.6) is 5.75 Å². The monoisotopic (exact) mass is 605 g/mol. The maximum atomic E-state index is 13.9. The minimum Gasteiger partial charge on any atom is -0.497 e. The Morgan fingerprint density at radius 3 is 2.14 bits per heavy atom. The fraction of sp³-hybridized carbons (Fsp3) is 0.441. The smallest absolute Gasteiger partial charge is 0.243 e. The van der Waals surface area contributed by atoms with E-state index >= 15 is 0 Å². The molecule has 3 aromatic rings. The summed E-state index contributed by atoms with van der Waals surface area (Å²) >= 11 is 0. The van der Waals surface area contributed by atoms with Crippen LogP contribution in [0.3, 0.4) is 0 Å². The first-order valence-electron chi connectivity index (χ1n) is 15.3. The van der Waals surface area contributed by atoms with Crippen LogP contribution in [0.15, 0.2) is 89.8 Å². The molecule has 43 heavy (non-hydrogen) atoms. The van der Waals surface area contributed by atoms with E-state index in [1.54, 1.807) is 36.3 Å². The normalized spacial score (nSPS) is 20.4. The van der Waals surface area contributed by atoms with E-state index in [0.717, 1.165) is 36.8 Å². The second-order valence-electron chi connectivity index (χ2n) is 11.8. The summed E-state index contributed by atoms with van der Waals surface area (Å²) in [6, 6.07) is 25.7. The number of nitrogens with zero attached hydrogens (tertiary/aromatic N) is 2. The van der Waals surface area contributed by atoms with Crippen molar-refractivity contribution < 1.29 is 23.1 Å². The van der Waals surface area contributed by atoms with Gasteiger partial charge in [-0.3, -0.25) is 4.79 Å². The van der Waals surface area contributed by atoms with Gasteiger partial charge >= 0.3 is 0 Å². The summed E-state index contributed by atoms with van der Waals surface area (Å²) in [5, 5.41) is 14.9. The van der Waals surface area contributed by atoms with Gasteiger partial charge in [-0.2, -0.15) is 4.31 Å². The lowest BCUT2D eigenvalue weighted by atomic mass is 9.96. The zero-order chi connectivity index (χ0) is 30.2. The predicted molar refractivity (Wildman–Crippen MR) is 167 cm³/mol. The maximum Gasteiger partial charge on any atom is 0.243 e. The van der Waals surface area contributed by atoms with Gasteiger partial charge in [0.15, 0.2) is 0 Å². The van der Waals surface area contributed by atoms with E-state index in [2.05, 4.69) is 5.32 Å². The van der Waals surface area contributed by atoms with E-state index in [9.17, 15) is 18.3 Å². The number of carbonyl (C=O) groups excluding carboxylic acids is 1. The lowest BCUT2D eigenvalue weighted by molar-refractivity contribution is -0.140. The highest BCUT2D eigenvalue weighted by Crippen LogP contribution is 2.29. The van der Waals surface area contributed by atoms with Gasteiger partial charge in [0.05, 0.1) is 24.2 Å². The van der Waals surface area contributed by atoms with E-state index in [4.69, 9.17) is 4.74 Å². The van der Waals surface area contributed by atoms with Gasteiger partial charge in [-0.1, -0.05) is 73.5 Å². The number of methoxy groups -OCH3 is 1. The highest BCUT2D eigenvalue weighted by Gasteiger charge is 2.37. The van der Waals surface area contributed by atoms with Gasteiger partial charge < -0.3 is 20.1 Å². The van der Waals surface area contributed by atoms with Crippen molar-refractivity contribution in [1.29, 1.82) is 0 Å². The molecule has 5 rings (SSSR count). The third kappa shape index (κ3) is 8.03. The topological polar surface area (TPSA) is 99.2 Å². The van der Waals surface area contributed by atoms with Gasteiger partial charge in [0.25, 0.3) is 0 Å². The van der Waals surface area contributed by atoms with Crippen LogP contribution >= 0.6 is 0 Å². The van der Waals surface area contributed by atoms with E-state index in [1.807, 2.05) is 60.7 Å². The fourth-order valence-corrected chi connectivity index (χ4v) is 7.89. The van der Waals surface area contributed by atoms with Crippen molar-refractivity contribution >= 4 is 15.9 Å². The number of hydrogen-bond acceptors (Lipinski definition) is 6. The molecule has 1 saturated carbocycles. The molecule has 0 spiro atoms. The minimum atomic E-state index is -3.87.